The summed E-state index contributed by atoms with van der Waals surface area (Å²) in [5.74, 6) is 1.88. The molecule has 0 aliphatic rings. The van der Waals surface area contributed by atoms with Crippen LogP contribution < -0.4 is 14.8 Å². The topological polar surface area (TPSA) is 76.8 Å². The monoisotopic (exact) mass is 409 g/mol. The van der Waals surface area contributed by atoms with Crippen molar-refractivity contribution in [3.63, 3.8) is 0 Å². The van der Waals surface area contributed by atoms with Gasteiger partial charge in [0.25, 0.3) is 0 Å². The third-order valence-corrected chi connectivity index (χ3v) is 4.62. The Morgan fingerprint density at radius 3 is 2.57 bits per heavy atom. The van der Waals surface area contributed by atoms with Gasteiger partial charge in [-0.3, -0.25) is 0 Å². The van der Waals surface area contributed by atoms with Crippen molar-refractivity contribution in [1.29, 1.82) is 0 Å². The molecule has 0 aliphatic heterocycles. The average molecular weight is 409 g/mol. The molecule has 0 saturated heterocycles. The summed E-state index contributed by atoms with van der Waals surface area (Å²) in [4.78, 5) is 14.4. The van der Waals surface area contributed by atoms with Crippen molar-refractivity contribution < 1.29 is 18.8 Å². The smallest absolute Gasteiger partial charge is 0.318 e. The first kappa shape index (κ1) is 21.2. The van der Waals surface area contributed by atoms with Gasteiger partial charge in [0.1, 0.15) is 17.2 Å². The number of nitrogens with one attached hydrogen (secondary N) is 1. The first-order valence-corrected chi connectivity index (χ1v) is 9.89. The second kappa shape index (κ2) is 10.3. The summed E-state index contributed by atoms with van der Waals surface area (Å²) in [6.45, 7) is 3.45. The Kier molecular flexibility index (Phi) is 7.32. The summed E-state index contributed by atoms with van der Waals surface area (Å²) in [7, 11) is 3.20. The van der Waals surface area contributed by atoms with Crippen LogP contribution in [0.25, 0.3) is 11.3 Å². The van der Waals surface area contributed by atoms with Crippen LogP contribution in [0.4, 0.5) is 4.79 Å². The molecule has 3 aromatic rings. The predicted molar refractivity (Wildman–Crippen MR) is 114 cm³/mol. The van der Waals surface area contributed by atoms with Crippen molar-refractivity contribution in [3.8, 4) is 22.8 Å². The quantitative estimate of drug-likeness (QED) is 0.564. The number of amides is 2. The lowest BCUT2D eigenvalue weighted by Crippen LogP contribution is -2.39. The summed E-state index contributed by atoms with van der Waals surface area (Å²) < 4.78 is 16.2. The van der Waals surface area contributed by atoms with Gasteiger partial charge in [-0.05, 0) is 24.1 Å². The molecule has 158 valence electrons. The van der Waals surface area contributed by atoms with Crippen LogP contribution in [0, 0.1) is 0 Å². The number of carbonyl (C=O) groups excluding carboxylic acids is 1. The maximum Gasteiger partial charge on any atom is 0.318 e. The zero-order chi connectivity index (χ0) is 21.3. The normalized spacial score (nSPS) is 10.5. The number of urea groups is 1. The van der Waals surface area contributed by atoms with Gasteiger partial charge >= 0.3 is 6.03 Å². The zero-order valence-corrected chi connectivity index (χ0v) is 17.6. The van der Waals surface area contributed by atoms with E-state index in [9.17, 15) is 4.79 Å². The van der Waals surface area contributed by atoms with Crippen LogP contribution in [0.5, 0.6) is 11.5 Å². The van der Waals surface area contributed by atoms with Gasteiger partial charge in [0.15, 0.2) is 5.76 Å². The van der Waals surface area contributed by atoms with Crippen LogP contribution in [-0.2, 0) is 13.1 Å². The van der Waals surface area contributed by atoms with Crippen LogP contribution in [0.2, 0.25) is 0 Å². The molecular weight excluding hydrogens is 382 g/mol. The highest BCUT2D eigenvalue weighted by atomic mass is 16.5. The van der Waals surface area contributed by atoms with E-state index in [-0.39, 0.29) is 6.03 Å². The van der Waals surface area contributed by atoms with Gasteiger partial charge in [-0.25, -0.2) is 4.79 Å². The minimum absolute atomic E-state index is 0.132. The molecule has 0 fully saturated rings. The molecule has 30 heavy (non-hydrogen) atoms. The van der Waals surface area contributed by atoms with Crippen molar-refractivity contribution >= 4 is 6.03 Å². The number of methoxy groups -OCH3 is 2. The fourth-order valence-electron chi connectivity index (χ4n) is 3.06. The standard InChI is InChI=1S/C23H27N3O4/c1-4-12-24-23(27)26(15-17-8-6-5-7-9-17)16-18-13-22(30-25-18)20-11-10-19(28-2)14-21(20)29-3/h5-11,13-14H,4,12,15-16H2,1-3H3,(H,24,27). The van der Waals surface area contributed by atoms with Crippen LogP contribution >= 0.6 is 0 Å². The Morgan fingerprint density at radius 2 is 1.87 bits per heavy atom. The molecule has 3 rings (SSSR count). The van der Waals surface area contributed by atoms with Crippen molar-refractivity contribution in [2.45, 2.75) is 26.4 Å². The fourth-order valence-corrected chi connectivity index (χ4v) is 3.06. The number of aromatic nitrogens is 1. The van der Waals surface area contributed by atoms with Crippen LogP contribution in [0.15, 0.2) is 59.1 Å². The Balaban J connectivity index is 1.80. The third-order valence-electron chi connectivity index (χ3n) is 4.62. The van der Waals surface area contributed by atoms with Gasteiger partial charge in [0.2, 0.25) is 0 Å². The van der Waals surface area contributed by atoms with Crippen molar-refractivity contribution in [3.05, 3.63) is 65.9 Å². The average Bonchev–Trinajstić information content (AvgIpc) is 3.25. The highest BCUT2D eigenvalue weighted by molar-refractivity contribution is 5.74. The van der Waals surface area contributed by atoms with Gasteiger partial charge in [-0.2, -0.15) is 0 Å². The molecule has 2 amide bonds. The number of rotatable bonds is 9. The summed E-state index contributed by atoms with van der Waals surface area (Å²) in [6, 6.07) is 17.0. The molecule has 0 spiro atoms. The van der Waals surface area contributed by atoms with Crippen molar-refractivity contribution in [2.24, 2.45) is 0 Å². The minimum Gasteiger partial charge on any atom is -0.497 e. The molecule has 2 aromatic carbocycles. The van der Waals surface area contributed by atoms with E-state index in [1.807, 2.05) is 55.5 Å². The van der Waals surface area contributed by atoms with E-state index in [0.717, 1.165) is 17.5 Å². The molecule has 0 unspecified atom stereocenters. The van der Waals surface area contributed by atoms with E-state index in [0.29, 0.717) is 42.6 Å². The van der Waals surface area contributed by atoms with E-state index in [1.165, 1.54) is 0 Å². The van der Waals surface area contributed by atoms with Crippen LogP contribution in [0.3, 0.4) is 0 Å². The molecule has 1 aromatic heterocycles. The molecule has 0 atom stereocenters. The number of hydrogen-bond acceptors (Lipinski definition) is 5. The molecule has 7 heteroatoms. The summed E-state index contributed by atoms with van der Waals surface area (Å²) in [6.07, 6.45) is 0.871. The van der Waals surface area contributed by atoms with E-state index in [1.54, 1.807) is 25.2 Å². The molecule has 0 saturated carbocycles. The Hall–Kier alpha value is -3.48. The largest absolute Gasteiger partial charge is 0.497 e. The number of carbonyl (C=O) groups is 1. The molecule has 1 heterocycles. The highest BCUT2D eigenvalue weighted by Gasteiger charge is 2.18. The summed E-state index contributed by atoms with van der Waals surface area (Å²) >= 11 is 0. The van der Waals surface area contributed by atoms with Crippen molar-refractivity contribution in [2.75, 3.05) is 20.8 Å². The second-order valence-corrected chi connectivity index (χ2v) is 6.82. The molecular formula is C23H27N3O4. The Labute approximate surface area is 176 Å². The number of hydrogen-bond donors (Lipinski definition) is 1. The predicted octanol–water partition coefficient (Wildman–Crippen LogP) is 4.48. The summed E-state index contributed by atoms with van der Waals surface area (Å²) in [5, 5.41) is 7.11. The Morgan fingerprint density at radius 1 is 1.07 bits per heavy atom. The van der Waals surface area contributed by atoms with Crippen LogP contribution in [0.1, 0.15) is 24.6 Å². The zero-order valence-electron chi connectivity index (χ0n) is 17.6. The number of ether oxygens (including phenoxy) is 2. The molecule has 0 aliphatic carbocycles. The maximum absolute atomic E-state index is 12.7. The lowest BCUT2D eigenvalue weighted by molar-refractivity contribution is 0.190. The minimum atomic E-state index is -0.132. The molecule has 0 bridgehead atoms. The van der Waals surface area contributed by atoms with E-state index in [4.69, 9.17) is 14.0 Å². The fraction of sp³-hybridized carbons (Fsp3) is 0.304. The number of nitrogens with zero attached hydrogens (tertiary/aromatic N) is 2. The van der Waals surface area contributed by atoms with Gasteiger partial charge < -0.3 is 24.2 Å². The van der Waals surface area contributed by atoms with Gasteiger partial charge in [-0.15, -0.1) is 0 Å². The van der Waals surface area contributed by atoms with Gasteiger partial charge in [0.05, 0.1) is 26.3 Å². The number of benzene rings is 2. The van der Waals surface area contributed by atoms with Crippen LogP contribution in [-0.4, -0.2) is 36.9 Å². The van der Waals surface area contributed by atoms with Gasteiger partial charge in [0, 0.05) is 25.2 Å². The lowest BCUT2D eigenvalue weighted by atomic mass is 10.1. The second-order valence-electron chi connectivity index (χ2n) is 6.82. The third kappa shape index (κ3) is 5.31. The summed E-state index contributed by atoms with van der Waals surface area (Å²) in [5.41, 5.74) is 2.47. The highest BCUT2D eigenvalue weighted by Crippen LogP contribution is 2.33. The van der Waals surface area contributed by atoms with E-state index >= 15 is 0 Å². The molecule has 0 radical (unpaired) electrons. The first-order valence-electron chi connectivity index (χ1n) is 9.89. The lowest BCUT2D eigenvalue weighted by Gasteiger charge is -2.22. The van der Waals surface area contributed by atoms with E-state index < -0.39 is 0 Å². The van der Waals surface area contributed by atoms with Crippen molar-refractivity contribution in [1.82, 2.24) is 15.4 Å². The SMILES string of the molecule is CCCNC(=O)N(Cc1ccccc1)Cc1cc(-c2ccc(OC)cc2OC)on1. The Bertz CT molecular complexity index is 956. The van der Waals surface area contributed by atoms with Gasteiger partial charge in [-0.1, -0.05) is 42.4 Å². The maximum atomic E-state index is 12.7. The molecule has 1 N–H and O–H groups in total. The van der Waals surface area contributed by atoms with E-state index in [2.05, 4.69) is 10.5 Å². The molecule has 7 nitrogen and oxygen atoms in total. The first-order chi connectivity index (χ1) is 14.6.